The van der Waals surface area contributed by atoms with Crippen LogP contribution in [0.15, 0.2) is 24.3 Å². The summed E-state index contributed by atoms with van der Waals surface area (Å²) in [6.45, 7) is 6.37. The average molecular weight is 762 g/mol. The second-order valence-electron chi connectivity index (χ2n) is 16.2. The SMILES string of the molecule is CCC/C=C\CCCCCCCC(=O)OC(CCCCC/C=C\CCCC)CC(=O)NC(CO)C(O)CCCCCCCCCCCCCCCCCC. The number of nitrogens with one attached hydrogen (secondary N) is 1. The third kappa shape index (κ3) is 37.3. The van der Waals surface area contributed by atoms with Gasteiger partial charge >= 0.3 is 5.97 Å². The highest BCUT2D eigenvalue weighted by atomic mass is 16.5. The Bertz CT molecular complexity index is 858. The van der Waals surface area contributed by atoms with Gasteiger partial charge in [-0.3, -0.25) is 9.59 Å². The van der Waals surface area contributed by atoms with Gasteiger partial charge < -0.3 is 20.3 Å². The van der Waals surface area contributed by atoms with Gasteiger partial charge in [0, 0.05) is 6.42 Å². The number of esters is 1. The van der Waals surface area contributed by atoms with E-state index < -0.39 is 18.2 Å². The predicted molar refractivity (Wildman–Crippen MR) is 232 cm³/mol. The maximum Gasteiger partial charge on any atom is 0.306 e. The van der Waals surface area contributed by atoms with Crippen molar-refractivity contribution in [2.45, 2.75) is 264 Å². The Morgan fingerprint density at radius 1 is 0.519 bits per heavy atom. The summed E-state index contributed by atoms with van der Waals surface area (Å²) in [4.78, 5) is 25.9. The van der Waals surface area contributed by atoms with Crippen LogP contribution in [-0.2, 0) is 14.3 Å². The van der Waals surface area contributed by atoms with Gasteiger partial charge in [-0.15, -0.1) is 0 Å². The summed E-state index contributed by atoms with van der Waals surface area (Å²) < 4.78 is 5.87. The molecule has 0 saturated carbocycles. The minimum atomic E-state index is -0.788. The number of hydrogen-bond acceptors (Lipinski definition) is 5. The van der Waals surface area contributed by atoms with Crippen LogP contribution in [0.5, 0.6) is 0 Å². The molecule has 0 saturated heterocycles. The molecule has 1 amide bonds. The van der Waals surface area contributed by atoms with Gasteiger partial charge in [-0.2, -0.15) is 0 Å². The van der Waals surface area contributed by atoms with E-state index in [1.54, 1.807) is 0 Å². The van der Waals surface area contributed by atoms with Gasteiger partial charge in [0.2, 0.25) is 5.91 Å². The van der Waals surface area contributed by atoms with Gasteiger partial charge in [0.1, 0.15) is 6.10 Å². The van der Waals surface area contributed by atoms with E-state index in [9.17, 15) is 19.8 Å². The molecule has 0 radical (unpaired) electrons. The first-order valence-corrected chi connectivity index (χ1v) is 23.6. The Hall–Kier alpha value is -1.66. The number of carbonyl (C=O) groups is 2. The summed E-state index contributed by atoms with van der Waals surface area (Å²) in [6.07, 6.45) is 46.7. The highest BCUT2D eigenvalue weighted by Crippen LogP contribution is 2.17. The Kier molecular flexibility index (Phi) is 41.2. The van der Waals surface area contributed by atoms with Gasteiger partial charge in [-0.25, -0.2) is 0 Å². The van der Waals surface area contributed by atoms with Gasteiger partial charge in [-0.1, -0.05) is 193 Å². The van der Waals surface area contributed by atoms with E-state index in [0.29, 0.717) is 19.3 Å². The summed E-state index contributed by atoms with van der Waals surface area (Å²) in [5.41, 5.74) is 0. The first-order chi connectivity index (χ1) is 26.5. The molecule has 3 atom stereocenters. The number of hydrogen-bond donors (Lipinski definition) is 3. The van der Waals surface area contributed by atoms with Crippen LogP contribution in [0.4, 0.5) is 0 Å². The standard InChI is InChI=1S/C48H91NO5/c1-4-7-10-13-16-19-21-22-23-24-25-26-28-31-34-37-40-46(51)45(43-50)49-47(52)42-44(39-36-33-30-27-18-15-12-9-6-3)54-48(53)41-38-35-32-29-20-17-14-11-8-5-2/h11,14-15,18,44-46,50-51H,4-10,12-13,16-17,19-43H2,1-3H3,(H,49,52)/b14-11-,18-15-. The molecule has 0 aromatic carbocycles. The van der Waals surface area contributed by atoms with E-state index >= 15 is 0 Å². The lowest BCUT2D eigenvalue weighted by molar-refractivity contribution is -0.151. The zero-order chi connectivity index (χ0) is 39.6. The molecular formula is C48H91NO5. The van der Waals surface area contributed by atoms with Crippen LogP contribution >= 0.6 is 0 Å². The smallest absolute Gasteiger partial charge is 0.306 e. The molecule has 318 valence electrons. The lowest BCUT2D eigenvalue weighted by atomic mass is 10.0. The van der Waals surface area contributed by atoms with E-state index in [1.807, 2.05) is 0 Å². The van der Waals surface area contributed by atoms with Gasteiger partial charge in [0.15, 0.2) is 0 Å². The highest BCUT2D eigenvalue weighted by Gasteiger charge is 2.24. The van der Waals surface area contributed by atoms with Crippen molar-refractivity contribution in [2.75, 3.05) is 6.61 Å². The maximum absolute atomic E-state index is 13.1. The summed E-state index contributed by atoms with van der Waals surface area (Å²) >= 11 is 0. The first-order valence-electron chi connectivity index (χ1n) is 23.6. The topological polar surface area (TPSA) is 95.9 Å². The number of unbranched alkanes of at least 4 members (excludes halogenated alkanes) is 26. The molecule has 6 heteroatoms. The quantitative estimate of drug-likeness (QED) is 0.0327. The maximum atomic E-state index is 13.1. The van der Waals surface area contributed by atoms with Crippen molar-refractivity contribution in [1.29, 1.82) is 0 Å². The molecule has 0 aromatic heterocycles. The van der Waals surface area contributed by atoms with Crippen LogP contribution in [0.3, 0.4) is 0 Å². The lowest BCUT2D eigenvalue weighted by Gasteiger charge is -2.24. The van der Waals surface area contributed by atoms with Crippen molar-refractivity contribution >= 4 is 11.9 Å². The van der Waals surface area contributed by atoms with Crippen LogP contribution in [0, 0.1) is 0 Å². The number of aliphatic hydroxyl groups is 2. The molecule has 0 bridgehead atoms. The molecule has 54 heavy (non-hydrogen) atoms. The number of allylic oxidation sites excluding steroid dienone is 4. The fraction of sp³-hybridized carbons (Fsp3) is 0.875. The van der Waals surface area contributed by atoms with Crippen LogP contribution < -0.4 is 5.32 Å². The zero-order valence-corrected chi connectivity index (χ0v) is 36.1. The van der Waals surface area contributed by atoms with Gasteiger partial charge in [-0.05, 0) is 64.2 Å². The molecular weight excluding hydrogens is 671 g/mol. The number of carbonyl (C=O) groups excluding carboxylic acids is 2. The minimum absolute atomic E-state index is 0.0659. The van der Waals surface area contributed by atoms with E-state index in [4.69, 9.17) is 4.74 Å². The fourth-order valence-corrected chi connectivity index (χ4v) is 7.12. The molecule has 0 spiro atoms. The second kappa shape index (κ2) is 42.5. The molecule has 0 rings (SSSR count). The van der Waals surface area contributed by atoms with E-state index in [-0.39, 0.29) is 24.9 Å². The highest BCUT2D eigenvalue weighted by molar-refractivity contribution is 5.77. The monoisotopic (exact) mass is 762 g/mol. The minimum Gasteiger partial charge on any atom is -0.462 e. The Balaban J connectivity index is 4.44. The average Bonchev–Trinajstić information content (AvgIpc) is 3.16. The summed E-state index contributed by atoms with van der Waals surface area (Å²) in [5.74, 6) is -0.499. The number of ether oxygens (including phenoxy) is 1. The summed E-state index contributed by atoms with van der Waals surface area (Å²) in [7, 11) is 0. The van der Waals surface area contributed by atoms with Crippen LogP contribution in [0.2, 0.25) is 0 Å². The van der Waals surface area contributed by atoms with Crippen LogP contribution in [0.1, 0.15) is 245 Å². The van der Waals surface area contributed by atoms with Crippen molar-refractivity contribution in [3.63, 3.8) is 0 Å². The predicted octanol–water partition coefficient (Wildman–Crippen LogP) is 13.6. The molecule has 0 aliphatic carbocycles. The third-order valence-electron chi connectivity index (χ3n) is 10.7. The Morgan fingerprint density at radius 3 is 1.46 bits per heavy atom. The van der Waals surface area contributed by atoms with Crippen LogP contribution in [-0.4, -0.2) is 46.9 Å². The molecule has 0 aromatic rings. The Labute approximate surface area is 335 Å². The number of aliphatic hydroxyl groups excluding tert-OH is 2. The molecule has 3 unspecified atom stereocenters. The molecule has 0 fully saturated rings. The lowest BCUT2D eigenvalue weighted by Crippen LogP contribution is -2.46. The van der Waals surface area contributed by atoms with Crippen molar-refractivity contribution in [3.05, 3.63) is 24.3 Å². The summed E-state index contributed by atoms with van der Waals surface area (Å²) in [5, 5.41) is 23.7. The zero-order valence-electron chi connectivity index (χ0n) is 36.1. The van der Waals surface area contributed by atoms with E-state index in [0.717, 1.165) is 77.0 Å². The Morgan fingerprint density at radius 2 is 0.944 bits per heavy atom. The van der Waals surface area contributed by atoms with Gasteiger partial charge in [0.25, 0.3) is 0 Å². The van der Waals surface area contributed by atoms with E-state index in [1.165, 1.54) is 122 Å². The molecule has 0 heterocycles. The largest absolute Gasteiger partial charge is 0.462 e. The number of amides is 1. The molecule has 6 nitrogen and oxygen atoms in total. The van der Waals surface area contributed by atoms with E-state index in [2.05, 4.69) is 50.4 Å². The summed E-state index contributed by atoms with van der Waals surface area (Å²) in [6, 6.07) is -0.702. The third-order valence-corrected chi connectivity index (χ3v) is 10.7. The fourth-order valence-electron chi connectivity index (χ4n) is 7.12. The van der Waals surface area contributed by atoms with Crippen molar-refractivity contribution in [1.82, 2.24) is 5.32 Å². The molecule has 3 N–H and O–H groups in total. The van der Waals surface area contributed by atoms with Crippen molar-refractivity contribution in [3.8, 4) is 0 Å². The first kappa shape index (κ1) is 52.3. The second-order valence-corrected chi connectivity index (χ2v) is 16.2. The van der Waals surface area contributed by atoms with Crippen molar-refractivity contribution in [2.24, 2.45) is 0 Å². The van der Waals surface area contributed by atoms with Crippen molar-refractivity contribution < 1.29 is 24.5 Å². The molecule has 0 aliphatic rings. The molecule has 0 aliphatic heterocycles. The van der Waals surface area contributed by atoms with Crippen LogP contribution in [0.25, 0.3) is 0 Å². The normalized spacial score (nSPS) is 13.5. The van der Waals surface area contributed by atoms with Gasteiger partial charge in [0.05, 0.1) is 25.2 Å². The number of rotatable bonds is 42.